The highest BCUT2D eigenvalue weighted by Gasteiger charge is 2.22. The Balaban J connectivity index is 1.19. The number of aliphatic imine (C=N–C) groups is 1. The van der Waals surface area contributed by atoms with Gasteiger partial charge in [-0.3, -0.25) is 19.9 Å². The van der Waals surface area contributed by atoms with Crippen LogP contribution in [0.3, 0.4) is 0 Å². The number of aromatic hydroxyl groups is 1. The Morgan fingerprint density at radius 2 is 1.45 bits per heavy atom. The summed E-state index contributed by atoms with van der Waals surface area (Å²) in [5.41, 5.74) is 22.0. The van der Waals surface area contributed by atoms with Crippen LogP contribution in [0, 0.1) is 0 Å². The third kappa shape index (κ3) is 10.9. The number of amides is 2. The molecule has 9 N–H and O–H groups in total. The molecule has 13 nitrogen and oxygen atoms in total. The zero-order valence-corrected chi connectivity index (χ0v) is 27.7. The molecule has 4 rings (SSSR count). The van der Waals surface area contributed by atoms with Gasteiger partial charge in [-0.2, -0.15) is 0 Å². The SMILES string of the molecule is COC(=O)C(Cc1ccc(O)cc1)NC(=O)CCc1ccc(-c2ccc(CCCCN=C(N)NC(=O)c3nc(Cl)c(N)nc3N)cc2)cc1. The van der Waals surface area contributed by atoms with Crippen molar-refractivity contribution < 1.29 is 24.2 Å². The normalized spacial score (nSPS) is 11.8. The van der Waals surface area contributed by atoms with Crippen LogP contribution in [0.15, 0.2) is 77.8 Å². The maximum Gasteiger partial charge on any atom is 0.328 e. The molecule has 1 unspecified atom stereocenters. The lowest BCUT2D eigenvalue weighted by Crippen LogP contribution is -2.43. The summed E-state index contributed by atoms with van der Waals surface area (Å²) in [5.74, 6) is -1.64. The van der Waals surface area contributed by atoms with Crippen molar-refractivity contribution >= 4 is 47.0 Å². The zero-order chi connectivity index (χ0) is 35.3. The highest BCUT2D eigenvalue weighted by atomic mass is 35.5. The second kappa shape index (κ2) is 17.5. The molecule has 1 heterocycles. The highest BCUT2D eigenvalue weighted by molar-refractivity contribution is 6.31. The summed E-state index contributed by atoms with van der Waals surface area (Å²) in [4.78, 5) is 49.1. The van der Waals surface area contributed by atoms with Gasteiger partial charge < -0.3 is 32.4 Å². The number of nitrogens with two attached hydrogens (primary N) is 3. The molecule has 0 bridgehead atoms. The van der Waals surface area contributed by atoms with Crippen LogP contribution >= 0.6 is 11.6 Å². The lowest BCUT2D eigenvalue weighted by molar-refractivity contribution is -0.145. The van der Waals surface area contributed by atoms with Gasteiger partial charge in [0.1, 0.15) is 11.8 Å². The van der Waals surface area contributed by atoms with E-state index in [-0.39, 0.29) is 52.9 Å². The minimum atomic E-state index is -0.821. The molecule has 1 aromatic heterocycles. The average molecular weight is 687 g/mol. The Labute approximate surface area is 288 Å². The maximum absolute atomic E-state index is 12.7. The molecule has 256 valence electrons. The number of phenols is 1. The number of hydrogen-bond donors (Lipinski definition) is 6. The van der Waals surface area contributed by atoms with Gasteiger partial charge in [0.2, 0.25) is 5.91 Å². The van der Waals surface area contributed by atoms with E-state index >= 15 is 0 Å². The molecular weight excluding hydrogens is 648 g/mol. The molecule has 0 aliphatic heterocycles. The zero-order valence-electron chi connectivity index (χ0n) is 27.0. The van der Waals surface area contributed by atoms with Crippen molar-refractivity contribution in [3.63, 3.8) is 0 Å². The van der Waals surface area contributed by atoms with Crippen LogP contribution < -0.4 is 27.8 Å². The van der Waals surface area contributed by atoms with Gasteiger partial charge in [0.05, 0.1) is 7.11 Å². The number of ether oxygens (including phenoxy) is 1. The average Bonchev–Trinajstić information content (AvgIpc) is 3.09. The van der Waals surface area contributed by atoms with Crippen LogP contribution in [0.1, 0.15) is 46.4 Å². The molecule has 0 aliphatic rings. The third-order valence-corrected chi connectivity index (χ3v) is 7.87. The Morgan fingerprint density at radius 1 is 0.857 bits per heavy atom. The molecule has 14 heteroatoms. The fourth-order valence-corrected chi connectivity index (χ4v) is 5.05. The fourth-order valence-electron chi connectivity index (χ4n) is 4.92. The largest absolute Gasteiger partial charge is 0.508 e. The van der Waals surface area contributed by atoms with Gasteiger partial charge in [0.25, 0.3) is 5.91 Å². The number of phenolic OH excluding ortho intramolecular Hbond substituents is 1. The standard InChI is InChI=1S/C35H39ClN8O5/c1-49-34(48)27(20-23-9-16-26(45)17-10-23)41-28(46)18-11-22-7-14-25(15-8-22)24-12-5-21(6-13-24)4-2-3-19-40-35(39)44-33(47)29-31(37)43-32(38)30(36)42-29/h5-10,12-17,27,45H,2-4,11,18-20H2,1H3,(H,41,46)(H4,37,38,43)(H3,39,40,44,47). The predicted octanol–water partition coefficient (Wildman–Crippen LogP) is 3.57. The van der Waals surface area contributed by atoms with E-state index in [0.29, 0.717) is 13.0 Å². The number of nitrogens with zero attached hydrogens (tertiary/aromatic N) is 3. The first-order valence-corrected chi connectivity index (χ1v) is 15.9. The number of carbonyl (C=O) groups excluding carboxylic acids is 3. The van der Waals surface area contributed by atoms with Crippen molar-refractivity contribution in [3.05, 3.63) is 100 Å². The summed E-state index contributed by atoms with van der Waals surface area (Å²) >= 11 is 5.82. The Bertz CT molecular complexity index is 1780. The number of aryl methyl sites for hydroxylation is 2. The van der Waals surface area contributed by atoms with E-state index in [1.54, 1.807) is 12.1 Å². The highest BCUT2D eigenvalue weighted by Crippen LogP contribution is 2.22. The number of hydrogen-bond acceptors (Lipinski definition) is 10. The second-order valence-electron chi connectivity index (χ2n) is 11.2. The number of carbonyl (C=O) groups is 3. The molecule has 4 aromatic rings. The topological polar surface area (TPSA) is 221 Å². The van der Waals surface area contributed by atoms with Gasteiger partial charge in [0.15, 0.2) is 28.4 Å². The van der Waals surface area contributed by atoms with Crippen molar-refractivity contribution in [2.75, 3.05) is 25.1 Å². The summed E-state index contributed by atoms with van der Waals surface area (Å²) in [6.45, 7) is 0.424. The van der Waals surface area contributed by atoms with Gasteiger partial charge in [-0.15, -0.1) is 0 Å². The molecule has 3 aromatic carbocycles. The van der Waals surface area contributed by atoms with E-state index in [4.69, 9.17) is 33.5 Å². The number of nitrogens with one attached hydrogen (secondary N) is 2. The van der Waals surface area contributed by atoms with E-state index in [9.17, 15) is 19.5 Å². The van der Waals surface area contributed by atoms with Crippen molar-refractivity contribution in [1.82, 2.24) is 20.6 Å². The molecule has 0 saturated heterocycles. The minimum Gasteiger partial charge on any atom is -0.508 e. The van der Waals surface area contributed by atoms with E-state index < -0.39 is 17.9 Å². The molecule has 0 spiro atoms. The van der Waals surface area contributed by atoms with E-state index in [1.165, 1.54) is 24.8 Å². The Hall–Kier alpha value is -5.69. The van der Waals surface area contributed by atoms with Gasteiger partial charge >= 0.3 is 5.97 Å². The number of aromatic nitrogens is 2. The molecule has 0 saturated carbocycles. The number of methoxy groups -OCH3 is 1. The first-order chi connectivity index (χ1) is 23.5. The molecule has 0 radical (unpaired) electrons. The minimum absolute atomic E-state index is 0.0630. The van der Waals surface area contributed by atoms with Gasteiger partial charge in [-0.1, -0.05) is 72.3 Å². The lowest BCUT2D eigenvalue weighted by atomic mass is 9.99. The fraction of sp³-hybridized carbons (Fsp3) is 0.257. The summed E-state index contributed by atoms with van der Waals surface area (Å²) in [5, 5.41) is 14.5. The second-order valence-corrected chi connectivity index (χ2v) is 11.6. The number of esters is 1. The van der Waals surface area contributed by atoms with Gasteiger partial charge in [-0.25, -0.2) is 14.8 Å². The van der Waals surface area contributed by atoms with Crippen molar-refractivity contribution in [2.24, 2.45) is 10.7 Å². The van der Waals surface area contributed by atoms with Crippen molar-refractivity contribution in [3.8, 4) is 16.9 Å². The summed E-state index contributed by atoms with van der Waals surface area (Å²) in [7, 11) is 1.28. The third-order valence-electron chi connectivity index (χ3n) is 7.60. The van der Waals surface area contributed by atoms with Crippen LogP contribution in [0.4, 0.5) is 11.6 Å². The number of unbranched alkanes of at least 4 members (excludes halogenated alkanes) is 1. The van der Waals surface area contributed by atoms with Gasteiger partial charge in [0, 0.05) is 19.4 Å². The number of anilines is 2. The Kier molecular flexibility index (Phi) is 12.9. The lowest BCUT2D eigenvalue weighted by Gasteiger charge is -2.17. The maximum atomic E-state index is 12.7. The smallest absolute Gasteiger partial charge is 0.328 e. The molecule has 0 aliphatic carbocycles. The Morgan fingerprint density at radius 3 is 2.06 bits per heavy atom. The predicted molar refractivity (Wildman–Crippen MR) is 189 cm³/mol. The van der Waals surface area contributed by atoms with E-state index in [2.05, 4.69) is 49.9 Å². The van der Waals surface area contributed by atoms with E-state index in [1.807, 2.05) is 24.3 Å². The molecule has 49 heavy (non-hydrogen) atoms. The molecule has 2 amide bonds. The van der Waals surface area contributed by atoms with Crippen LogP contribution in [-0.4, -0.2) is 58.5 Å². The molecule has 1 atom stereocenters. The number of guanidine groups is 1. The quantitative estimate of drug-likeness (QED) is 0.0490. The first kappa shape index (κ1) is 36.2. The van der Waals surface area contributed by atoms with Crippen LogP contribution in [0.2, 0.25) is 5.15 Å². The molecule has 0 fully saturated rings. The van der Waals surface area contributed by atoms with Crippen molar-refractivity contribution in [1.29, 1.82) is 0 Å². The van der Waals surface area contributed by atoms with E-state index in [0.717, 1.165) is 41.5 Å². The number of rotatable bonds is 14. The number of halogens is 1. The number of nitrogen functional groups attached to an aromatic ring is 2. The van der Waals surface area contributed by atoms with Gasteiger partial charge in [-0.05, 0) is 65.6 Å². The summed E-state index contributed by atoms with van der Waals surface area (Å²) < 4.78 is 4.87. The summed E-state index contributed by atoms with van der Waals surface area (Å²) in [6, 6.07) is 22.0. The summed E-state index contributed by atoms with van der Waals surface area (Å²) in [6.07, 6.45) is 3.47. The van der Waals surface area contributed by atoms with Crippen molar-refractivity contribution in [2.45, 2.75) is 44.6 Å². The number of benzene rings is 3. The van der Waals surface area contributed by atoms with Crippen LogP contribution in [0.25, 0.3) is 11.1 Å². The first-order valence-electron chi connectivity index (χ1n) is 15.6. The van der Waals surface area contributed by atoms with Crippen LogP contribution in [-0.2, 0) is 33.6 Å². The monoisotopic (exact) mass is 686 g/mol. The van der Waals surface area contributed by atoms with Crippen LogP contribution in [0.5, 0.6) is 5.75 Å². The molecular formula is C35H39ClN8O5.